The lowest BCUT2D eigenvalue weighted by Gasteiger charge is -2.00. The van der Waals surface area contributed by atoms with Crippen molar-refractivity contribution >= 4 is 34.0 Å². The molecule has 2 aromatic heterocycles. The molecular weight excluding hydrogens is 336 g/mol. The van der Waals surface area contributed by atoms with Crippen molar-refractivity contribution in [2.45, 2.75) is 6.42 Å². The van der Waals surface area contributed by atoms with Crippen molar-refractivity contribution < 1.29 is 4.79 Å². The van der Waals surface area contributed by atoms with Gasteiger partial charge in [-0.3, -0.25) is 14.9 Å². The summed E-state index contributed by atoms with van der Waals surface area (Å²) in [5, 5.41) is 9.70. The fraction of sp³-hybridized carbons (Fsp3) is 0.0667. The maximum absolute atomic E-state index is 12.0. The molecule has 116 valence electrons. The Hall–Kier alpha value is -2.51. The molecule has 1 amide bonds. The predicted octanol–water partition coefficient (Wildman–Crippen LogP) is 2.72. The van der Waals surface area contributed by atoms with Crippen molar-refractivity contribution in [3.05, 3.63) is 74.1 Å². The standard InChI is InChI=1S/C15H11ClN4O2S/c16-10-3-1-2-9(6-10)7-11-8-17-15(23-11)18-14(22)12-4-5-13(21)20-19-12/h1-6,8H,7H2,(H,20,21)(H,17,18,22). The number of carbonyl (C=O) groups excluding carboxylic acids is 1. The van der Waals surface area contributed by atoms with E-state index in [9.17, 15) is 9.59 Å². The number of rotatable bonds is 4. The number of hydrogen-bond donors (Lipinski definition) is 2. The summed E-state index contributed by atoms with van der Waals surface area (Å²) in [6.07, 6.45) is 2.40. The van der Waals surface area contributed by atoms with Gasteiger partial charge in [-0.2, -0.15) is 5.10 Å². The zero-order valence-electron chi connectivity index (χ0n) is 11.7. The van der Waals surface area contributed by atoms with E-state index in [1.165, 1.54) is 23.5 Å². The van der Waals surface area contributed by atoms with Crippen molar-refractivity contribution in [3.8, 4) is 0 Å². The number of anilines is 1. The highest BCUT2D eigenvalue weighted by Crippen LogP contribution is 2.22. The van der Waals surface area contributed by atoms with E-state index in [-0.39, 0.29) is 11.3 Å². The van der Waals surface area contributed by atoms with Crippen molar-refractivity contribution in [3.63, 3.8) is 0 Å². The highest BCUT2D eigenvalue weighted by Gasteiger charge is 2.11. The van der Waals surface area contributed by atoms with Gasteiger partial charge >= 0.3 is 0 Å². The number of aromatic amines is 1. The zero-order chi connectivity index (χ0) is 16.2. The minimum Gasteiger partial charge on any atom is -0.296 e. The lowest BCUT2D eigenvalue weighted by Crippen LogP contribution is -2.17. The summed E-state index contributed by atoms with van der Waals surface area (Å²) in [4.78, 5) is 28.1. The van der Waals surface area contributed by atoms with Crippen LogP contribution in [-0.4, -0.2) is 21.1 Å². The molecular formula is C15H11ClN4O2S. The Morgan fingerprint density at radius 1 is 1.30 bits per heavy atom. The number of hydrogen-bond acceptors (Lipinski definition) is 5. The molecule has 0 spiro atoms. The molecule has 0 fully saturated rings. The largest absolute Gasteiger partial charge is 0.296 e. The monoisotopic (exact) mass is 346 g/mol. The second-order valence-electron chi connectivity index (χ2n) is 4.70. The molecule has 0 atom stereocenters. The molecule has 2 heterocycles. The van der Waals surface area contributed by atoms with Gasteiger partial charge in [-0.05, 0) is 23.8 Å². The van der Waals surface area contributed by atoms with Gasteiger partial charge in [-0.1, -0.05) is 23.7 Å². The van der Waals surface area contributed by atoms with Gasteiger partial charge in [0.05, 0.1) is 0 Å². The molecule has 0 unspecified atom stereocenters. The van der Waals surface area contributed by atoms with E-state index >= 15 is 0 Å². The van der Waals surface area contributed by atoms with Gasteiger partial charge in [-0.15, -0.1) is 11.3 Å². The average Bonchev–Trinajstić information content (AvgIpc) is 2.95. The Morgan fingerprint density at radius 2 is 2.17 bits per heavy atom. The number of amides is 1. The topological polar surface area (TPSA) is 87.7 Å². The molecule has 6 nitrogen and oxygen atoms in total. The van der Waals surface area contributed by atoms with Gasteiger partial charge < -0.3 is 0 Å². The third-order valence-corrected chi connectivity index (χ3v) is 4.10. The summed E-state index contributed by atoms with van der Waals surface area (Å²) in [5.74, 6) is -0.426. The molecule has 0 aliphatic rings. The van der Waals surface area contributed by atoms with Crippen molar-refractivity contribution in [2.24, 2.45) is 0 Å². The van der Waals surface area contributed by atoms with Gasteiger partial charge in [0, 0.05) is 28.6 Å². The predicted molar refractivity (Wildman–Crippen MR) is 89.2 cm³/mol. The lowest BCUT2D eigenvalue weighted by molar-refractivity contribution is 0.102. The average molecular weight is 347 g/mol. The van der Waals surface area contributed by atoms with E-state index in [1.54, 1.807) is 6.20 Å². The van der Waals surface area contributed by atoms with E-state index in [4.69, 9.17) is 11.6 Å². The van der Waals surface area contributed by atoms with Crippen LogP contribution in [-0.2, 0) is 6.42 Å². The first-order valence-electron chi connectivity index (χ1n) is 6.66. The first-order chi connectivity index (χ1) is 11.1. The minimum absolute atomic E-state index is 0.121. The second-order valence-corrected chi connectivity index (χ2v) is 6.25. The third kappa shape index (κ3) is 4.02. The molecule has 0 bridgehead atoms. The summed E-state index contributed by atoms with van der Waals surface area (Å²) in [6, 6.07) is 10.2. The van der Waals surface area contributed by atoms with E-state index in [0.29, 0.717) is 16.6 Å². The number of halogens is 1. The van der Waals surface area contributed by atoms with Crippen LogP contribution in [0.4, 0.5) is 5.13 Å². The molecule has 23 heavy (non-hydrogen) atoms. The van der Waals surface area contributed by atoms with Crippen LogP contribution in [0.3, 0.4) is 0 Å². The van der Waals surface area contributed by atoms with Gasteiger partial charge in [0.2, 0.25) is 0 Å². The van der Waals surface area contributed by atoms with E-state index in [1.807, 2.05) is 24.3 Å². The summed E-state index contributed by atoms with van der Waals surface area (Å²) >= 11 is 7.34. The van der Waals surface area contributed by atoms with E-state index < -0.39 is 5.91 Å². The molecule has 0 saturated carbocycles. The normalized spacial score (nSPS) is 10.5. The number of thiazole rings is 1. The maximum atomic E-state index is 12.0. The van der Waals surface area contributed by atoms with Crippen molar-refractivity contribution in [1.29, 1.82) is 0 Å². The van der Waals surface area contributed by atoms with Gasteiger partial charge in [0.1, 0.15) is 5.69 Å². The molecule has 0 aliphatic carbocycles. The van der Waals surface area contributed by atoms with Crippen molar-refractivity contribution in [1.82, 2.24) is 15.2 Å². The van der Waals surface area contributed by atoms with Crippen LogP contribution in [0.2, 0.25) is 5.02 Å². The summed E-state index contributed by atoms with van der Waals surface area (Å²) < 4.78 is 0. The van der Waals surface area contributed by atoms with Crippen LogP contribution in [0, 0.1) is 0 Å². The fourth-order valence-electron chi connectivity index (χ4n) is 1.93. The number of H-pyrrole nitrogens is 1. The molecule has 2 N–H and O–H groups in total. The molecule has 0 aliphatic heterocycles. The van der Waals surface area contributed by atoms with E-state index in [2.05, 4.69) is 20.5 Å². The Kier molecular flexibility index (Phi) is 4.50. The molecule has 0 radical (unpaired) electrons. The summed E-state index contributed by atoms with van der Waals surface area (Å²) in [7, 11) is 0. The smallest absolute Gasteiger partial charge is 0.277 e. The van der Waals surface area contributed by atoms with Crippen LogP contribution in [0.15, 0.2) is 47.4 Å². The number of benzene rings is 1. The highest BCUT2D eigenvalue weighted by molar-refractivity contribution is 7.15. The molecule has 3 aromatic rings. The molecule has 1 aromatic carbocycles. The lowest BCUT2D eigenvalue weighted by atomic mass is 10.1. The quantitative estimate of drug-likeness (QED) is 0.760. The van der Waals surface area contributed by atoms with Crippen LogP contribution < -0.4 is 10.9 Å². The Morgan fingerprint density at radius 3 is 2.91 bits per heavy atom. The number of carbonyl (C=O) groups is 1. The first-order valence-corrected chi connectivity index (χ1v) is 7.86. The van der Waals surface area contributed by atoms with Crippen molar-refractivity contribution in [2.75, 3.05) is 5.32 Å². The highest BCUT2D eigenvalue weighted by atomic mass is 35.5. The number of nitrogens with one attached hydrogen (secondary N) is 2. The Labute approximate surface area is 140 Å². The first kappa shape index (κ1) is 15.4. The van der Waals surface area contributed by atoms with Crippen LogP contribution in [0.25, 0.3) is 0 Å². The number of nitrogens with zero attached hydrogens (tertiary/aromatic N) is 2. The third-order valence-electron chi connectivity index (χ3n) is 2.95. The molecule has 8 heteroatoms. The number of aromatic nitrogens is 3. The summed E-state index contributed by atoms with van der Waals surface area (Å²) in [6.45, 7) is 0. The van der Waals surface area contributed by atoms with Gasteiger partial charge in [0.15, 0.2) is 5.13 Å². The minimum atomic E-state index is -0.426. The van der Waals surface area contributed by atoms with Crippen LogP contribution >= 0.6 is 22.9 Å². The van der Waals surface area contributed by atoms with E-state index in [0.717, 1.165) is 10.4 Å². The summed E-state index contributed by atoms with van der Waals surface area (Å²) in [5.41, 5.74) is 0.831. The zero-order valence-corrected chi connectivity index (χ0v) is 13.3. The Balaban J connectivity index is 1.68. The molecule has 3 rings (SSSR count). The SMILES string of the molecule is O=C(Nc1ncc(Cc2cccc(Cl)c2)s1)c1ccc(=O)[nH]n1. The second kappa shape index (κ2) is 6.72. The maximum Gasteiger partial charge on any atom is 0.277 e. The van der Waals surface area contributed by atoms with Crippen LogP contribution in [0.5, 0.6) is 0 Å². The molecule has 0 saturated heterocycles. The van der Waals surface area contributed by atoms with Gasteiger partial charge in [-0.25, -0.2) is 10.1 Å². The van der Waals surface area contributed by atoms with Gasteiger partial charge in [0.25, 0.3) is 11.5 Å². The Bertz CT molecular complexity index is 886. The van der Waals surface area contributed by atoms with Crippen LogP contribution in [0.1, 0.15) is 20.9 Å². The fourth-order valence-corrected chi connectivity index (χ4v) is 2.98.